The van der Waals surface area contributed by atoms with Gasteiger partial charge in [-0.15, -0.1) is 0 Å². The van der Waals surface area contributed by atoms with Crippen molar-refractivity contribution >= 4 is 5.95 Å². The maximum atomic E-state index is 3.94. The van der Waals surface area contributed by atoms with E-state index in [4.69, 9.17) is 0 Å². The highest BCUT2D eigenvalue weighted by atomic mass is 15.6. The fourth-order valence-electron chi connectivity index (χ4n) is 2.00. The minimum Gasteiger partial charge on any atom is -0.352 e. The minimum atomic E-state index is 0.441. The van der Waals surface area contributed by atoms with Gasteiger partial charge in [0, 0.05) is 12.5 Å². The molecule has 0 bridgehead atoms. The third-order valence-corrected chi connectivity index (χ3v) is 2.98. The Hall–Kier alpha value is -1.91. The molecule has 82 valence electrons. The Morgan fingerprint density at radius 1 is 1.31 bits per heavy atom. The Morgan fingerprint density at radius 2 is 2.12 bits per heavy atom. The SMILES string of the molecule is Cc1ccc(C2CNc3nnnn3C2)cc1. The van der Waals surface area contributed by atoms with Gasteiger partial charge in [0.25, 0.3) is 0 Å². The van der Waals surface area contributed by atoms with Crippen LogP contribution in [0.3, 0.4) is 0 Å². The second kappa shape index (κ2) is 3.59. The number of hydrogen-bond donors (Lipinski definition) is 1. The van der Waals surface area contributed by atoms with Crippen LogP contribution in [0.15, 0.2) is 24.3 Å². The second-order valence-corrected chi connectivity index (χ2v) is 4.17. The van der Waals surface area contributed by atoms with Crippen molar-refractivity contribution in [2.75, 3.05) is 11.9 Å². The molecule has 5 heteroatoms. The lowest BCUT2D eigenvalue weighted by molar-refractivity contribution is 0.493. The van der Waals surface area contributed by atoms with Gasteiger partial charge in [-0.2, -0.15) is 0 Å². The highest BCUT2D eigenvalue weighted by molar-refractivity contribution is 5.31. The molecule has 3 rings (SSSR count). The molecule has 0 fully saturated rings. The number of hydrogen-bond acceptors (Lipinski definition) is 4. The van der Waals surface area contributed by atoms with Crippen molar-refractivity contribution in [1.82, 2.24) is 20.2 Å². The van der Waals surface area contributed by atoms with Crippen molar-refractivity contribution in [3.63, 3.8) is 0 Å². The topological polar surface area (TPSA) is 55.6 Å². The molecule has 2 aromatic rings. The van der Waals surface area contributed by atoms with Gasteiger partial charge >= 0.3 is 0 Å². The van der Waals surface area contributed by atoms with Gasteiger partial charge in [-0.1, -0.05) is 34.9 Å². The summed E-state index contributed by atoms with van der Waals surface area (Å²) in [6.07, 6.45) is 0. The molecule has 0 saturated carbocycles. The van der Waals surface area contributed by atoms with Crippen molar-refractivity contribution in [3.05, 3.63) is 35.4 Å². The Labute approximate surface area is 93.5 Å². The first-order valence-corrected chi connectivity index (χ1v) is 5.39. The molecule has 1 N–H and O–H groups in total. The van der Waals surface area contributed by atoms with Gasteiger partial charge in [0.15, 0.2) is 0 Å². The smallest absolute Gasteiger partial charge is 0.242 e. The number of anilines is 1. The van der Waals surface area contributed by atoms with Gasteiger partial charge in [-0.3, -0.25) is 0 Å². The van der Waals surface area contributed by atoms with E-state index in [9.17, 15) is 0 Å². The monoisotopic (exact) mass is 215 g/mol. The van der Waals surface area contributed by atoms with E-state index in [1.807, 2.05) is 4.68 Å². The zero-order valence-electron chi connectivity index (χ0n) is 9.09. The summed E-state index contributed by atoms with van der Waals surface area (Å²) in [6.45, 7) is 3.84. The van der Waals surface area contributed by atoms with Gasteiger partial charge in [0.05, 0.1) is 6.54 Å². The molecular weight excluding hydrogens is 202 g/mol. The number of aromatic nitrogens is 4. The van der Waals surface area contributed by atoms with Crippen LogP contribution in [0, 0.1) is 6.92 Å². The highest BCUT2D eigenvalue weighted by Crippen LogP contribution is 2.23. The first-order chi connectivity index (χ1) is 7.83. The summed E-state index contributed by atoms with van der Waals surface area (Å²) in [5.41, 5.74) is 2.62. The molecule has 1 aliphatic rings. The molecule has 16 heavy (non-hydrogen) atoms. The van der Waals surface area contributed by atoms with Crippen molar-refractivity contribution in [3.8, 4) is 0 Å². The van der Waals surface area contributed by atoms with Crippen molar-refractivity contribution in [2.24, 2.45) is 0 Å². The molecule has 1 atom stereocenters. The van der Waals surface area contributed by atoms with Gasteiger partial charge in [-0.05, 0) is 22.9 Å². The third-order valence-electron chi connectivity index (χ3n) is 2.98. The maximum absolute atomic E-state index is 3.94. The van der Waals surface area contributed by atoms with Crippen LogP contribution >= 0.6 is 0 Å². The molecule has 0 spiro atoms. The number of fused-ring (bicyclic) bond motifs is 1. The average molecular weight is 215 g/mol. The zero-order valence-corrected chi connectivity index (χ0v) is 9.09. The Morgan fingerprint density at radius 3 is 2.94 bits per heavy atom. The lowest BCUT2D eigenvalue weighted by Crippen LogP contribution is -2.26. The van der Waals surface area contributed by atoms with Crippen LogP contribution in [0.2, 0.25) is 0 Å². The van der Waals surface area contributed by atoms with E-state index in [1.165, 1.54) is 11.1 Å². The fraction of sp³-hybridized carbons (Fsp3) is 0.364. The standard InChI is InChI=1S/C11H13N5/c1-8-2-4-9(5-3-8)10-6-12-11-13-14-15-16(11)7-10/h2-5,10H,6-7H2,1H3,(H,12,13,15). The van der Waals surface area contributed by atoms with E-state index >= 15 is 0 Å². The van der Waals surface area contributed by atoms with Crippen LogP contribution in [0.1, 0.15) is 17.0 Å². The van der Waals surface area contributed by atoms with Crippen molar-refractivity contribution in [1.29, 1.82) is 0 Å². The number of benzene rings is 1. The predicted molar refractivity (Wildman–Crippen MR) is 60.2 cm³/mol. The number of rotatable bonds is 1. The zero-order chi connectivity index (χ0) is 11.0. The normalized spacial score (nSPS) is 18.9. The Kier molecular flexibility index (Phi) is 2.09. The molecule has 1 aromatic heterocycles. The van der Waals surface area contributed by atoms with E-state index in [-0.39, 0.29) is 0 Å². The summed E-state index contributed by atoms with van der Waals surface area (Å²) in [6, 6.07) is 8.64. The molecule has 0 radical (unpaired) electrons. The third kappa shape index (κ3) is 1.54. The molecule has 1 aliphatic heterocycles. The highest BCUT2D eigenvalue weighted by Gasteiger charge is 2.21. The van der Waals surface area contributed by atoms with Crippen LogP contribution in [0.4, 0.5) is 5.95 Å². The molecular formula is C11H13N5. The molecule has 2 heterocycles. The van der Waals surface area contributed by atoms with Gasteiger partial charge < -0.3 is 5.32 Å². The van der Waals surface area contributed by atoms with Gasteiger partial charge in [0.1, 0.15) is 0 Å². The van der Waals surface area contributed by atoms with Gasteiger partial charge in [0.2, 0.25) is 5.95 Å². The molecule has 1 unspecified atom stereocenters. The lowest BCUT2D eigenvalue weighted by Gasteiger charge is -2.23. The maximum Gasteiger partial charge on any atom is 0.242 e. The molecule has 0 amide bonds. The molecule has 0 saturated heterocycles. The van der Waals surface area contributed by atoms with Crippen LogP contribution in [0.25, 0.3) is 0 Å². The molecule has 0 aliphatic carbocycles. The first-order valence-electron chi connectivity index (χ1n) is 5.39. The van der Waals surface area contributed by atoms with E-state index in [0.29, 0.717) is 5.92 Å². The van der Waals surface area contributed by atoms with E-state index < -0.39 is 0 Å². The van der Waals surface area contributed by atoms with Crippen LogP contribution < -0.4 is 5.32 Å². The van der Waals surface area contributed by atoms with Gasteiger partial charge in [-0.25, -0.2) is 4.68 Å². The summed E-state index contributed by atoms with van der Waals surface area (Å²) in [7, 11) is 0. The van der Waals surface area contributed by atoms with E-state index in [0.717, 1.165) is 19.0 Å². The number of aryl methyl sites for hydroxylation is 1. The van der Waals surface area contributed by atoms with Crippen molar-refractivity contribution in [2.45, 2.75) is 19.4 Å². The van der Waals surface area contributed by atoms with Crippen LogP contribution in [-0.4, -0.2) is 26.8 Å². The minimum absolute atomic E-state index is 0.441. The predicted octanol–water partition coefficient (Wildman–Crippen LogP) is 1.19. The fourth-order valence-corrected chi connectivity index (χ4v) is 2.00. The Bertz CT molecular complexity index is 487. The molecule has 5 nitrogen and oxygen atoms in total. The van der Waals surface area contributed by atoms with Crippen molar-refractivity contribution < 1.29 is 0 Å². The first kappa shape index (κ1) is 9.33. The van der Waals surface area contributed by atoms with E-state index in [2.05, 4.69) is 52.0 Å². The number of nitrogens with zero attached hydrogens (tertiary/aromatic N) is 4. The summed E-state index contributed by atoms with van der Waals surface area (Å²) < 4.78 is 1.81. The van der Waals surface area contributed by atoms with E-state index in [1.54, 1.807) is 0 Å². The average Bonchev–Trinajstić information content (AvgIpc) is 2.77. The summed E-state index contributed by atoms with van der Waals surface area (Å²) in [4.78, 5) is 0. The Balaban J connectivity index is 1.86. The largest absolute Gasteiger partial charge is 0.352 e. The molecule has 1 aromatic carbocycles. The van der Waals surface area contributed by atoms with Crippen LogP contribution in [0.5, 0.6) is 0 Å². The lowest BCUT2D eigenvalue weighted by atomic mass is 9.97. The quantitative estimate of drug-likeness (QED) is 0.776. The number of nitrogens with one attached hydrogen (secondary N) is 1. The van der Waals surface area contributed by atoms with Crippen LogP contribution in [-0.2, 0) is 6.54 Å². The summed E-state index contributed by atoms with van der Waals surface area (Å²) in [5, 5.41) is 14.7. The summed E-state index contributed by atoms with van der Waals surface area (Å²) in [5.74, 6) is 1.21. The number of tetrazole rings is 1. The second-order valence-electron chi connectivity index (χ2n) is 4.17. The summed E-state index contributed by atoms with van der Waals surface area (Å²) >= 11 is 0.